The summed E-state index contributed by atoms with van der Waals surface area (Å²) in [5.74, 6) is -2.59. The molecule has 1 atom stereocenters. The second-order valence-corrected chi connectivity index (χ2v) is 6.03. The normalized spacial score (nSPS) is 16.7. The number of nitrogens with one attached hydrogen (secondary N) is 1. The molecule has 1 heterocycles. The molecule has 0 unspecified atom stereocenters. The van der Waals surface area contributed by atoms with Crippen LogP contribution < -0.4 is 10.2 Å². The molecule has 0 spiro atoms. The Morgan fingerprint density at radius 2 is 1.96 bits per heavy atom. The maximum Gasteiger partial charge on any atom is 0.335 e. The van der Waals surface area contributed by atoms with Gasteiger partial charge in [0.15, 0.2) is 0 Å². The third-order valence-corrected chi connectivity index (χ3v) is 4.42. The molecule has 0 radical (unpaired) electrons. The number of hydrogen-bond acceptors (Lipinski definition) is 3. The van der Waals surface area contributed by atoms with Gasteiger partial charge in [-0.05, 0) is 43.2 Å². The van der Waals surface area contributed by atoms with Crippen molar-refractivity contribution in [3.05, 3.63) is 65.5 Å². The Bertz CT molecular complexity index is 779. The minimum Gasteiger partial charge on any atom is -0.478 e. The van der Waals surface area contributed by atoms with Crippen molar-refractivity contribution < 1.29 is 19.1 Å². The molecular weight excluding hydrogens is 323 g/mol. The Balaban J connectivity index is 1.65. The van der Waals surface area contributed by atoms with Crippen LogP contribution in [0.3, 0.4) is 0 Å². The van der Waals surface area contributed by atoms with E-state index in [1.807, 2.05) is 30.3 Å². The summed E-state index contributed by atoms with van der Waals surface area (Å²) in [4.78, 5) is 25.3. The van der Waals surface area contributed by atoms with Crippen molar-refractivity contribution in [1.29, 1.82) is 0 Å². The Hall–Kier alpha value is -2.89. The van der Waals surface area contributed by atoms with Gasteiger partial charge in [-0.3, -0.25) is 4.79 Å². The van der Waals surface area contributed by atoms with Gasteiger partial charge in [0, 0.05) is 24.8 Å². The molecule has 1 amide bonds. The molecular formula is C19H19FN2O3. The van der Waals surface area contributed by atoms with Crippen molar-refractivity contribution in [2.24, 2.45) is 0 Å². The van der Waals surface area contributed by atoms with Crippen LogP contribution in [-0.2, 0) is 0 Å². The van der Waals surface area contributed by atoms with Crippen molar-refractivity contribution in [3.63, 3.8) is 0 Å². The van der Waals surface area contributed by atoms with Crippen LogP contribution in [0.2, 0.25) is 0 Å². The third kappa shape index (κ3) is 3.79. The van der Waals surface area contributed by atoms with Crippen LogP contribution >= 0.6 is 0 Å². The number of carbonyl (C=O) groups excluding carboxylic acids is 1. The Morgan fingerprint density at radius 1 is 1.20 bits per heavy atom. The first-order valence-corrected chi connectivity index (χ1v) is 8.19. The average Bonchev–Trinajstić information content (AvgIpc) is 3.09. The van der Waals surface area contributed by atoms with E-state index >= 15 is 0 Å². The monoisotopic (exact) mass is 342 g/mol. The lowest BCUT2D eigenvalue weighted by Crippen LogP contribution is -2.40. The summed E-state index contributed by atoms with van der Waals surface area (Å²) in [7, 11) is 0. The average molecular weight is 342 g/mol. The molecule has 25 heavy (non-hydrogen) atoms. The molecule has 2 aromatic rings. The number of carbonyl (C=O) groups is 2. The van der Waals surface area contributed by atoms with Crippen molar-refractivity contribution >= 4 is 17.6 Å². The van der Waals surface area contributed by atoms with E-state index in [1.54, 1.807) is 0 Å². The third-order valence-electron chi connectivity index (χ3n) is 4.42. The standard InChI is InChI=1S/C19H19FN2O3/c20-17-11-13(19(24)25)8-9-16(17)18(23)21-12-15-7-4-10-22(15)14-5-2-1-3-6-14/h1-3,5-6,8-9,11,15H,4,7,10,12H2,(H,21,23)(H,24,25)/t15-/m0/s1. The first kappa shape index (κ1) is 17.0. The fraction of sp³-hybridized carbons (Fsp3) is 0.263. The number of anilines is 1. The molecule has 130 valence electrons. The van der Waals surface area contributed by atoms with Crippen LogP contribution in [0.25, 0.3) is 0 Å². The first-order valence-electron chi connectivity index (χ1n) is 8.19. The van der Waals surface area contributed by atoms with E-state index in [1.165, 1.54) is 12.1 Å². The van der Waals surface area contributed by atoms with Gasteiger partial charge in [-0.25, -0.2) is 9.18 Å². The Morgan fingerprint density at radius 3 is 2.64 bits per heavy atom. The zero-order valence-electron chi connectivity index (χ0n) is 13.6. The van der Waals surface area contributed by atoms with E-state index in [9.17, 15) is 14.0 Å². The molecule has 0 saturated carbocycles. The molecule has 1 saturated heterocycles. The van der Waals surface area contributed by atoms with Crippen LogP contribution in [0, 0.1) is 5.82 Å². The topological polar surface area (TPSA) is 69.6 Å². The Labute approximate surface area is 145 Å². The lowest BCUT2D eigenvalue weighted by molar-refractivity contribution is 0.0695. The molecule has 5 nitrogen and oxygen atoms in total. The fourth-order valence-corrected chi connectivity index (χ4v) is 3.15. The molecule has 0 aromatic heterocycles. The van der Waals surface area contributed by atoms with E-state index in [-0.39, 0.29) is 17.2 Å². The SMILES string of the molecule is O=C(O)c1ccc(C(=O)NC[C@@H]2CCCN2c2ccccc2)c(F)c1. The van der Waals surface area contributed by atoms with E-state index in [4.69, 9.17) is 5.11 Å². The van der Waals surface area contributed by atoms with Gasteiger partial charge in [0.2, 0.25) is 0 Å². The second kappa shape index (κ2) is 7.34. The van der Waals surface area contributed by atoms with Crippen molar-refractivity contribution in [3.8, 4) is 0 Å². The number of carboxylic acid groups (broad SMARTS) is 1. The van der Waals surface area contributed by atoms with E-state index in [0.717, 1.165) is 31.1 Å². The molecule has 1 fully saturated rings. The largest absolute Gasteiger partial charge is 0.478 e. The van der Waals surface area contributed by atoms with Crippen molar-refractivity contribution in [2.75, 3.05) is 18.0 Å². The molecule has 0 bridgehead atoms. The number of hydrogen-bond donors (Lipinski definition) is 2. The predicted molar refractivity (Wildman–Crippen MR) is 92.5 cm³/mol. The zero-order chi connectivity index (χ0) is 17.8. The molecule has 2 aromatic carbocycles. The molecule has 2 N–H and O–H groups in total. The number of rotatable bonds is 5. The quantitative estimate of drug-likeness (QED) is 0.877. The minimum absolute atomic E-state index is 0.144. The van der Waals surface area contributed by atoms with Crippen LogP contribution in [0.15, 0.2) is 48.5 Å². The summed E-state index contributed by atoms with van der Waals surface area (Å²) < 4.78 is 14.0. The first-order chi connectivity index (χ1) is 12.1. The van der Waals surface area contributed by atoms with Gasteiger partial charge in [0.25, 0.3) is 5.91 Å². The van der Waals surface area contributed by atoms with E-state index < -0.39 is 17.7 Å². The smallest absolute Gasteiger partial charge is 0.335 e. The van der Waals surface area contributed by atoms with Crippen molar-refractivity contribution in [1.82, 2.24) is 5.32 Å². The molecule has 0 aliphatic carbocycles. The van der Waals surface area contributed by atoms with Gasteiger partial charge in [0.1, 0.15) is 5.82 Å². The van der Waals surface area contributed by atoms with Gasteiger partial charge in [-0.1, -0.05) is 18.2 Å². The summed E-state index contributed by atoms with van der Waals surface area (Å²) in [5.41, 5.74) is 0.783. The molecule has 6 heteroatoms. The predicted octanol–water partition coefficient (Wildman–Crippen LogP) is 2.92. The fourth-order valence-electron chi connectivity index (χ4n) is 3.15. The summed E-state index contributed by atoms with van der Waals surface area (Å²) in [6, 6.07) is 13.4. The number of halogens is 1. The van der Waals surface area contributed by atoms with Crippen LogP contribution in [-0.4, -0.2) is 36.1 Å². The maximum absolute atomic E-state index is 14.0. The maximum atomic E-state index is 14.0. The van der Waals surface area contributed by atoms with Crippen LogP contribution in [0.5, 0.6) is 0 Å². The lowest BCUT2D eigenvalue weighted by atomic mass is 10.1. The number of benzene rings is 2. The Kier molecular flexibility index (Phi) is 4.97. The summed E-state index contributed by atoms with van der Waals surface area (Å²) >= 11 is 0. The van der Waals surface area contributed by atoms with Crippen LogP contribution in [0.4, 0.5) is 10.1 Å². The minimum atomic E-state index is -1.23. The molecule has 1 aliphatic rings. The van der Waals surface area contributed by atoms with Gasteiger partial charge in [-0.2, -0.15) is 0 Å². The number of carboxylic acids is 1. The van der Waals surface area contributed by atoms with Gasteiger partial charge in [0.05, 0.1) is 11.1 Å². The number of aromatic carboxylic acids is 1. The summed E-state index contributed by atoms with van der Waals surface area (Å²) in [6.45, 7) is 1.33. The van der Waals surface area contributed by atoms with Crippen LogP contribution in [0.1, 0.15) is 33.6 Å². The highest BCUT2D eigenvalue weighted by atomic mass is 19.1. The second-order valence-electron chi connectivity index (χ2n) is 6.03. The lowest BCUT2D eigenvalue weighted by Gasteiger charge is -2.27. The van der Waals surface area contributed by atoms with Crippen molar-refractivity contribution in [2.45, 2.75) is 18.9 Å². The van der Waals surface area contributed by atoms with Gasteiger partial charge >= 0.3 is 5.97 Å². The number of para-hydroxylation sites is 1. The highest BCUT2D eigenvalue weighted by Crippen LogP contribution is 2.24. The summed E-state index contributed by atoms with van der Waals surface area (Å²) in [5, 5.41) is 11.6. The van der Waals surface area contributed by atoms with E-state index in [2.05, 4.69) is 10.2 Å². The van der Waals surface area contributed by atoms with Gasteiger partial charge in [-0.15, -0.1) is 0 Å². The number of amides is 1. The highest BCUT2D eigenvalue weighted by Gasteiger charge is 2.25. The molecule has 1 aliphatic heterocycles. The zero-order valence-corrected chi connectivity index (χ0v) is 13.6. The van der Waals surface area contributed by atoms with Gasteiger partial charge < -0.3 is 15.3 Å². The summed E-state index contributed by atoms with van der Waals surface area (Å²) in [6.07, 6.45) is 1.99. The van der Waals surface area contributed by atoms with E-state index in [0.29, 0.717) is 6.54 Å². The number of nitrogens with zero attached hydrogens (tertiary/aromatic N) is 1. The highest BCUT2D eigenvalue weighted by molar-refractivity contribution is 5.96. The molecule has 3 rings (SSSR count).